The van der Waals surface area contributed by atoms with Crippen molar-refractivity contribution in [3.05, 3.63) is 58.7 Å². The maximum absolute atomic E-state index is 13.1. The zero-order valence-electron chi connectivity index (χ0n) is 13.8. The topological polar surface area (TPSA) is 83.3 Å². The number of halogens is 1. The molecule has 0 amide bonds. The summed E-state index contributed by atoms with van der Waals surface area (Å²) in [6.45, 7) is 0.444. The first kappa shape index (κ1) is 17.8. The van der Waals surface area contributed by atoms with Crippen LogP contribution in [-0.2, 0) is 10.0 Å². The van der Waals surface area contributed by atoms with Gasteiger partial charge in [-0.25, -0.2) is 13.4 Å². The van der Waals surface area contributed by atoms with E-state index in [4.69, 9.17) is 21.6 Å². The molecule has 1 aliphatic heterocycles. The van der Waals surface area contributed by atoms with Gasteiger partial charge in [0.1, 0.15) is 33.4 Å². The number of anilines is 1. The van der Waals surface area contributed by atoms with Crippen molar-refractivity contribution in [1.29, 1.82) is 5.26 Å². The predicted molar refractivity (Wildman–Crippen MR) is 104 cm³/mol. The Bertz CT molecular complexity index is 1150. The van der Waals surface area contributed by atoms with Gasteiger partial charge in [-0.15, -0.1) is 11.3 Å². The molecule has 0 aliphatic carbocycles. The van der Waals surface area contributed by atoms with Crippen molar-refractivity contribution >= 4 is 38.6 Å². The first-order valence-electron chi connectivity index (χ1n) is 7.90. The summed E-state index contributed by atoms with van der Waals surface area (Å²) in [6, 6.07) is 13.9. The Kier molecular flexibility index (Phi) is 4.52. The molecule has 0 spiro atoms. The minimum Gasteiger partial charge on any atom is -0.489 e. The number of sulfonamides is 1. The maximum Gasteiger partial charge on any atom is 0.266 e. The van der Waals surface area contributed by atoms with Crippen molar-refractivity contribution in [2.75, 3.05) is 17.5 Å². The first-order chi connectivity index (χ1) is 13.0. The van der Waals surface area contributed by atoms with Crippen molar-refractivity contribution in [2.45, 2.75) is 4.90 Å². The lowest BCUT2D eigenvalue weighted by Gasteiger charge is -2.30. The molecule has 3 heterocycles. The summed E-state index contributed by atoms with van der Waals surface area (Å²) < 4.78 is 33.2. The molecule has 1 aliphatic rings. The van der Waals surface area contributed by atoms with Crippen LogP contribution in [0.25, 0.3) is 10.4 Å². The van der Waals surface area contributed by atoms with Gasteiger partial charge in [-0.3, -0.25) is 4.31 Å². The number of fused-ring (bicyclic) bond motifs is 1. The van der Waals surface area contributed by atoms with Crippen LogP contribution in [0.3, 0.4) is 0 Å². The van der Waals surface area contributed by atoms with Gasteiger partial charge in [-0.1, -0.05) is 11.6 Å². The molecule has 0 N–H and O–H groups in total. The number of pyridine rings is 1. The molecule has 136 valence electrons. The van der Waals surface area contributed by atoms with Gasteiger partial charge in [0.05, 0.1) is 12.2 Å². The van der Waals surface area contributed by atoms with Gasteiger partial charge < -0.3 is 4.74 Å². The zero-order chi connectivity index (χ0) is 19.0. The highest BCUT2D eigenvalue weighted by atomic mass is 35.5. The van der Waals surface area contributed by atoms with E-state index in [1.54, 1.807) is 18.2 Å². The fraction of sp³-hybridized carbons (Fsp3) is 0.111. The largest absolute Gasteiger partial charge is 0.489 e. The number of hydrogen-bond donors (Lipinski definition) is 0. The van der Waals surface area contributed by atoms with Crippen LogP contribution >= 0.6 is 22.9 Å². The first-order valence-corrected chi connectivity index (χ1v) is 10.5. The molecule has 0 saturated heterocycles. The molecule has 0 fully saturated rings. The van der Waals surface area contributed by atoms with E-state index in [1.807, 2.05) is 12.1 Å². The summed E-state index contributed by atoms with van der Waals surface area (Å²) >= 11 is 7.12. The zero-order valence-corrected chi connectivity index (χ0v) is 16.2. The Balaban J connectivity index is 1.79. The molecule has 0 bridgehead atoms. The average molecular weight is 418 g/mol. The number of thiophene rings is 1. The van der Waals surface area contributed by atoms with Gasteiger partial charge in [0, 0.05) is 11.1 Å². The Morgan fingerprint density at radius 3 is 2.78 bits per heavy atom. The van der Waals surface area contributed by atoms with E-state index >= 15 is 0 Å². The normalized spacial score (nSPS) is 13.6. The Labute approximate surface area is 165 Å². The summed E-state index contributed by atoms with van der Waals surface area (Å²) in [7, 11) is -3.81. The standard InChI is InChI=1S/C18H12ClN3O3S2/c19-18-6-3-14(11-21-18)27(23,24)22-7-8-25-16-4-1-12(9-15(16)22)17-5-2-13(10-20)26-17/h1-6,9,11H,7-8H2. The van der Waals surface area contributed by atoms with E-state index in [9.17, 15) is 8.42 Å². The van der Waals surface area contributed by atoms with E-state index in [0.29, 0.717) is 16.3 Å². The fourth-order valence-electron chi connectivity index (χ4n) is 2.79. The van der Waals surface area contributed by atoms with Gasteiger partial charge in [-0.05, 0) is 48.0 Å². The summed E-state index contributed by atoms with van der Waals surface area (Å²) in [4.78, 5) is 5.41. The number of rotatable bonds is 3. The van der Waals surface area contributed by atoms with Crippen molar-refractivity contribution in [3.63, 3.8) is 0 Å². The molecule has 9 heteroatoms. The third-order valence-electron chi connectivity index (χ3n) is 4.07. The van der Waals surface area contributed by atoms with E-state index in [0.717, 1.165) is 10.4 Å². The van der Waals surface area contributed by atoms with Crippen LogP contribution in [0.1, 0.15) is 4.88 Å². The molecule has 0 atom stereocenters. The Morgan fingerprint density at radius 1 is 1.22 bits per heavy atom. The molecule has 0 saturated carbocycles. The predicted octanol–water partition coefficient (Wildman–Crippen LogP) is 3.92. The molecule has 3 aromatic rings. The lowest BCUT2D eigenvalue weighted by molar-refractivity contribution is 0.316. The number of benzene rings is 1. The summed E-state index contributed by atoms with van der Waals surface area (Å²) in [5.41, 5.74) is 1.28. The summed E-state index contributed by atoms with van der Waals surface area (Å²) in [6.07, 6.45) is 1.25. The lowest BCUT2D eigenvalue weighted by Crippen LogP contribution is -2.38. The number of nitrogens with zero attached hydrogens (tertiary/aromatic N) is 3. The molecule has 1 aromatic carbocycles. The van der Waals surface area contributed by atoms with Gasteiger partial charge in [-0.2, -0.15) is 5.26 Å². The second-order valence-corrected chi connectivity index (χ2v) is 9.03. The van der Waals surface area contributed by atoms with Crippen LogP contribution in [0.2, 0.25) is 5.15 Å². The summed E-state index contributed by atoms with van der Waals surface area (Å²) in [5.74, 6) is 0.493. The van der Waals surface area contributed by atoms with Crippen LogP contribution < -0.4 is 9.04 Å². The van der Waals surface area contributed by atoms with Crippen LogP contribution in [0.4, 0.5) is 5.69 Å². The monoisotopic (exact) mass is 417 g/mol. The number of ether oxygens (including phenoxy) is 1. The molecule has 0 unspecified atom stereocenters. The van der Waals surface area contributed by atoms with Crippen LogP contribution in [0.15, 0.2) is 53.6 Å². The van der Waals surface area contributed by atoms with E-state index < -0.39 is 10.0 Å². The van der Waals surface area contributed by atoms with E-state index in [1.165, 1.54) is 34.0 Å². The highest BCUT2D eigenvalue weighted by molar-refractivity contribution is 7.92. The molecule has 2 aromatic heterocycles. The second-order valence-electron chi connectivity index (χ2n) is 5.70. The van der Waals surface area contributed by atoms with Gasteiger partial charge >= 0.3 is 0 Å². The van der Waals surface area contributed by atoms with Crippen molar-refractivity contribution in [1.82, 2.24) is 4.98 Å². The Morgan fingerprint density at radius 2 is 2.07 bits per heavy atom. The average Bonchev–Trinajstić information content (AvgIpc) is 3.16. The number of hydrogen-bond acceptors (Lipinski definition) is 6. The molecular weight excluding hydrogens is 406 g/mol. The van der Waals surface area contributed by atoms with Crippen LogP contribution in [0.5, 0.6) is 5.75 Å². The van der Waals surface area contributed by atoms with Crippen molar-refractivity contribution < 1.29 is 13.2 Å². The van der Waals surface area contributed by atoms with Gasteiger partial charge in [0.25, 0.3) is 10.0 Å². The minimum absolute atomic E-state index is 0.0630. The lowest BCUT2D eigenvalue weighted by atomic mass is 10.1. The highest BCUT2D eigenvalue weighted by Gasteiger charge is 2.30. The molecule has 4 rings (SSSR count). The number of nitriles is 1. The van der Waals surface area contributed by atoms with Gasteiger partial charge in [0.15, 0.2) is 0 Å². The molecular formula is C18H12ClN3O3S2. The third-order valence-corrected chi connectivity index (χ3v) is 7.13. The van der Waals surface area contributed by atoms with Crippen molar-refractivity contribution in [2.24, 2.45) is 0 Å². The SMILES string of the molecule is N#Cc1ccc(-c2ccc3c(c2)N(S(=O)(=O)c2ccc(Cl)nc2)CCO3)s1. The fourth-order valence-corrected chi connectivity index (χ4v) is 5.10. The van der Waals surface area contributed by atoms with Crippen LogP contribution in [0, 0.1) is 11.3 Å². The Hall–Kier alpha value is -2.60. The molecule has 6 nitrogen and oxygen atoms in total. The second kappa shape index (κ2) is 6.85. The number of aromatic nitrogens is 1. The smallest absolute Gasteiger partial charge is 0.266 e. The quantitative estimate of drug-likeness (QED) is 0.603. The maximum atomic E-state index is 13.1. The molecule has 27 heavy (non-hydrogen) atoms. The van der Waals surface area contributed by atoms with Gasteiger partial charge in [0.2, 0.25) is 0 Å². The van der Waals surface area contributed by atoms with E-state index in [-0.39, 0.29) is 23.2 Å². The summed E-state index contributed by atoms with van der Waals surface area (Å²) in [5, 5.41) is 9.25. The van der Waals surface area contributed by atoms with Crippen molar-refractivity contribution in [3.8, 4) is 22.3 Å². The van der Waals surface area contributed by atoms with Crippen LogP contribution in [-0.4, -0.2) is 26.6 Å². The van der Waals surface area contributed by atoms with E-state index in [2.05, 4.69) is 11.1 Å². The molecule has 0 radical (unpaired) electrons. The third kappa shape index (κ3) is 3.25. The highest BCUT2D eigenvalue weighted by Crippen LogP contribution is 2.39. The minimum atomic E-state index is -3.81.